The first-order valence-electron chi connectivity index (χ1n) is 23.4. The number of hydrogen-bond acceptors (Lipinski definition) is 8. The Morgan fingerprint density at radius 2 is 1.16 bits per heavy atom. The van der Waals surface area contributed by atoms with Crippen LogP contribution in [0.4, 0.5) is 10.1 Å². The fourth-order valence-electron chi connectivity index (χ4n) is 8.57. The standard InChI is InChI=1S/C52H65FN4S4/c1-5-9-12-14-16-18-31-57(32-19-17-15-13-10-6-2)40-26-24-39(25-27-40)45-34-47-48(58-45)35-46(59-47)42-29-30-43(51-50(42)55-61-56-51)49-36-54-52(60-49)41-28-23-38(33-44(41)53)22-21-37(8-4)20-11-7-3/h23-30,33-37H,5-22,31-32H2,1-4H3. The lowest BCUT2D eigenvalue weighted by Crippen LogP contribution is -2.25. The van der Waals surface area contributed by atoms with Crippen molar-refractivity contribution in [1.82, 2.24) is 13.7 Å². The number of benzene rings is 3. The van der Waals surface area contributed by atoms with Crippen LogP contribution in [0.3, 0.4) is 0 Å². The van der Waals surface area contributed by atoms with Gasteiger partial charge in [0.25, 0.3) is 0 Å². The molecule has 61 heavy (non-hydrogen) atoms. The Morgan fingerprint density at radius 1 is 0.574 bits per heavy atom. The second-order valence-corrected chi connectivity index (χ2v) is 20.7. The third-order valence-electron chi connectivity index (χ3n) is 12.4. The van der Waals surface area contributed by atoms with E-state index >= 15 is 4.39 Å². The smallest absolute Gasteiger partial charge is 0.133 e. The summed E-state index contributed by atoms with van der Waals surface area (Å²) in [5.74, 6) is 0.513. The summed E-state index contributed by atoms with van der Waals surface area (Å²) in [5, 5.41) is 0.691. The van der Waals surface area contributed by atoms with Gasteiger partial charge in [0.1, 0.15) is 21.9 Å². The molecule has 0 spiro atoms. The van der Waals surface area contributed by atoms with Gasteiger partial charge in [0.05, 0.1) is 16.6 Å². The lowest BCUT2D eigenvalue weighted by Gasteiger charge is -2.25. The molecule has 0 bridgehead atoms. The van der Waals surface area contributed by atoms with Crippen molar-refractivity contribution in [2.75, 3.05) is 18.0 Å². The highest BCUT2D eigenvalue weighted by Crippen LogP contribution is 2.45. The zero-order valence-corrected chi connectivity index (χ0v) is 40.2. The predicted molar refractivity (Wildman–Crippen MR) is 269 cm³/mol. The van der Waals surface area contributed by atoms with Crippen LogP contribution in [0.2, 0.25) is 0 Å². The summed E-state index contributed by atoms with van der Waals surface area (Å²) in [4.78, 5) is 10.8. The molecule has 4 heterocycles. The topological polar surface area (TPSA) is 41.9 Å². The van der Waals surface area contributed by atoms with Gasteiger partial charge in [-0.1, -0.05) is 148 Å². The van der Waals surface area contributed by atoms with E-state index < -0.39 is 0 Å². The van der Waals surface area contributed by atoms with Crippen molar-refractivity contribution in [1.29, 1.82) is 0 Å². The van der Waals surface area contributed by atoms with Crippen molar-refractivity contribution in [2.45, 2.75) is 143 Å². The van der Waals surface area contributed by atoms with Gasteiger partial charge < -0.3 is 4.90 Å². The molecule has 0 aliphatic rings. The van der Waals surface area contributed by atoms with Crippen LogP contribution >= 0.6 is 45.7 Å². The van der Waals surface area contributed by atoms with E-state index in [1.54, 1.807) is 6.07 Å². The van der Waals surface area contributed by atoms with Crippen molar-refractivity contribution in [2.24, 2.45) is 5.92 Å². The molecule has 7 rings (SSSR count). The molecule has 4 aromatic heterocycles. The van der Waals surface area contributed by atoms with Crippen LogP contribution in [-0.4, -0.2) is 26.8 Å². The lowest BCUT2D eigenvalue weighted by molar-refractivity contribution is 0.421. The van der Waals surface area contributed by atoms with Crippen molar-refractivity contribution in [3.8, 4) is 41.9 Å². The van der Waals surface area contributed by atoms with Crippen LogP contribution in [0, 0.1) is 11.7 Å². The number of fused-ring (bicyclic) bond motifs is 2. The molecule has 1 unspecified atom stereocenters. The Labute approximate surface area is 381 Å². The molecular weight excluding hydrogens is 828 g/mol. The van der Waals surface area contributed by atoms with E-state index in [1.807, 2.05) is 34.9 Å². The van der Waals surface area contributed by atoms with Gasteiger partial charge in [-0.2, -0.15) is 8.75 Å². The second-order valence-electron chi connectivity index (χ2n) is 16.9. The lowest BCUT2D eigenvalue weighted by atomic mass is 9.92. The Kier molecular flexibility index (Phi) is 17.4. The van der Waals surface area contributed by atoms with Crippen molar-refractivity contribution in [3.05, 3.63) is 84.3 Å². The fourth-order valence-corrected chi connectivity index (χ4v) is 12.5. The molecule has 0 fully saturated rings. The number of anilines is 1. The highest BCUT2D eigenvalue weighted by molar-refractivity contribution is 7.31. The maximum absolute atomic E-state index is 15.5. The first kappa shape index (κ1) is 45.5. The van der Waals surface area contributed by atoms with Crippen LogP contribution < -0.4 is 4.90 Å². The molecule has 0 radical (unpaired) electrons. The fraction of sp³-hybridized carbons (Fsp3) is 0.481. The molecule has 0 N–H and O–H groups in total. The van der Waals surface area contributed by atoms with E-state index in [4.69, 9.17) is 13.7 Å². The third-order valence-corrected chi connectivity index (χ3v) is 16.4. The molecule has 3 aromatic carbocycles. The first-order chi connectivity index (χ1) is 30.0. The number of thiophene rings is 2. The molecule has 0 saturated carbocycles. The van der Waals surface area contributed by atoms with Crippen molar-refractivity contribution in [3.63, 3.8) is 0 Å². The molecule has 0 amide bonds. The Bertz CT molecular complexity index is 2340. The number of rotatable bonds is 26. The molecule has 9 heteroatoms. The number of unbranched alkanes of at least 4 members (excludes halogenated alkanes) is 11. The number of hydrogen-bond donors (Lipinski definition) is 0. The summed E-state index contributed by atoms with van der Waals surface area (Å²) in [7, 11) is 0. The first-order valence-corrected chi connectivity index (χ1v) is 26.6. The van der Waals surface area contributed by atoms with Gasteiger partial charge in [-0.15, -0.1) is 34.0 Å². The molecule has 7 aromatic rings. The summed E-state index contributed by atoms with van der Waals surface area (Å²) in [6.07, 6.45) is 24.8. The summed E-state index contributed by atoms with van der Waals surface area (Å²) < 4.78 is 27.7. The zero-order valence-electron chi connectivity index (χ0n) is 36.9. The monoisotopic (exact) mass is 892 g/mol. The molecule has 0 saturated heterocycles. The number of halogens is 1. The highest BCUT2D eigenvalue weighted by atomic mass is 32.1. The molecule has 0 aliphatic heterocycles. The van der Waals surface area contributed by atoms with E-state index in [9.17, 15) is 0 Å². The average molecular weight is 893 g/mol. The second kappa shape index (κ2) is 23.3. The predicted octanol–water partition coefficient (Wildman–Crippen LogP) is 17.9. The van der Waals surface area contributed by atoms with E-state index in [2.05, 4.69) is 87.2 Å². The Morgan fingerprint density at radius 3 is 1.80 bits per heavy atom. The zero-order chi connectivity index (χ0) is 42.4. The largest absolute Gasteiger partial charge is 0.372 e. The minimum Gasteiger partial charge on any atom is -0.372 e. The average Bonchev–Trinajstić information content (AvgIpc) is 4.11. The molecule has 0 aliphatic carbocycles. The van der Waals surface area contributed by atoms with Gasteiger partial charge in [-0.05, 0) is 79.1 Å². The molecule has 324 valence electrons. The quantitative estimate of drug-likeness (QED) is 0.0508. The van der Waals surface area contributed by atoms with E-state index in [0.717, 1.165) is 58.5 Å². The normalized spacial score (nSPS) is 12.3. The van der Waals surface area contributed by atoms with Crippen LogP contribution in [-0.2, 0) is 6.42 Å². The van der Waals surface area contributed by atoms with Gasteiger partial charge in [0, 0.05) is 60.8 Å². The van der Waals surface area contributed by atoms with Crippen LogP contribution in [0.15, 0.2) is 72.9 Å². The van der Waals surface area contributed by atoms with E-state index in [-0.39, 0.29) is 5.82 Å². The van der Waals surface area contributed by atoms with Crippen molar-refractivity contribution >= 4 is 71.9 Å². The third kappa shape index (κ3) is 12.0. The Balaban J connectivity index is 1.02. The van der Waals surface area contributed by atoms with E-state index in [0.29, 0.717) is 16.5 Å². The van der Waals surface area contributed by atoms with Gasteiger partial charge in [-0.25, -0.2) is 9.37 Å². The van der Waals surface area contributed by atoms with Gasteiger partial charge in [0.2, 0.25) is 0 Å². The summed E-state index contributed by atoms with van der Waals surface area (Å²) in [5.41, 5.74) is 8.16. The molecule has 1 atom stereocenters. The van der Waals surface area contributed by atoms with Crippen LogP contribution in [0.25, 0.3) is 62.3 Å². The molecule has 4 nitrogen and oxygen atoms in total. The van der Waals surface area contributed by atoms with Gasteiger partial charge in [0.15, 0.2) is 0 Å². The van der Waals surface area contributed by atoms with Crippen LogP contribution in [0.5, 0.6) is 0 Å². The number of thiazole rings is 1. The number of aryl methyl sites for hydroxylation is 1. The Hall–Kier alpha value is -3.50. The SMILES string of the molecule is CCCCCCCCN(CCCCCCCC)c1ccc(-c2cc3sc(-c4ccc(-c5cnc(-c6ccc(CCC(CC)CCCC)cc6F)s5)c5nsnc45)cc3s2)cc1. The minimum atomic E-state index is -0.196. The maximum atomic E-state index is 15.5. The summed E-state index contributed by atoms with van der Waals surface area (Å²) >= 11 is 6.46. The minimum absolute atomic E-state index is 0.196. The van der Waals surface area contributed by atoms with Crippen molar-refractivity contribution < 1.29 is 4.39 Å². The summed E-state index contributed by atoms with van der Waals surface area (Å²) in [6.45, 7) is 11.4. The number of aromatic nitrogens is 3. The highest BCUT2D eigenvalue weighted by Gasteiger charge is 2.20. The van der Waals surface area contributed by atoms with Crippen LogP contribution in [0.1, 0.15) is 142 Å². The van der Waals surface area contributed by atoms with Gasteiger partial charge in [-0.3, -0.25) is 0 Å². The maximum Gasteiger partial charge on any atom is 0.133 e. The molecular formula is C52H65FN4S4. The van der Waals surface area contributed by atoms with Gasteiger partial charge >= 0.3 is 0 Å². The summed E-state index contributed by atoms with van der Waals surface area (Å²) in [6, 6.07) is 24.1. The van der Waals surface area contributed by atoms with E-state index in [1.165, 1.54) is 156 Å². The number of nitrogens with zero attached hydrogens (tertiary/aromatic N) is 4.